The average Bonchev–Trinajstić information content (AvgIpc) is 2.93. The van der Waals surface area contributed by atoms with Crippen molar-refractivity contribution < 1.29 is 19.4 Å². The van der Waals surface area contributed by atoms with E-state index >= 15 is 0 Å². The van der Waals surface area contributed by atoms with Crippen LogP contribution < -0.4 is 0 Å². The van der Waals surface area contributed by atoms with Crippen molar-refractivity contribution in [3.63, 3.8) is 0 Å². The van der Waals surface area contributed by atoms with Crippen LogP contribution in [0.5, 0.6) is 0 Å². The van der Waals surface area contributed by atoms with Gasteiger partial charge in [-0.15, -0.1) is 0 Å². The van der Waals surface area contributed by atoms with Gasteiger partial charge in [-0.3, -0.25) is 14.5 Å². The molecule has 5 aliphatic rings. The average molecular weight is 474 g/mol. The molecule has 0 amide bonds. The Morgan fingerprint density at radius 1 is 0.971 bits per heavy atom. The summed E-state index contributed by atoms with van der Waals surface area (Å²) in [6.45, 7) is 8.94. The summed E-state index contributed by atoms with van der Waals surface area (Å²) in [5, 5.41) is 10.4. The van der Waals surface area contributed by atoms with Crippen molar-refractivity contribution in [2.45, 2.75) is 110 Å². The SMILES string of the molecule is CC(=O)[C@H]1CC[C@H]2[C@@H]3CC[C@H]4C[C@H](O)CC[C@]4(C)[C@H]3[C@@H](OC(=O)CN3CCCCCC3)C[C@]12C. The molecule has 5 heteroatoms. The predicted molar refractivity (Wildman–Crippen MR) is 132 cm³/mol. The van der Waals surface area contributed by atoms with Gasteiger partial charge in [0.25, 0.3) is 0 Å². The van der Waals surface area contributed by atoms with Gasteiger partial charge >= 0.3 is 5.97 Å². The number of rotatable bonds is 4. The van der Waals surface area contributed by atoms with Gasteiger partial charge in [-0.05, 0) is 113 Å². The van der Waals surface area contributed by atoms with Gasteiger partial charge in [-0.1, -0.05) is 26.7 Å². The van der Waals surface area contributed by atoms with Crippen LogP contribution in [0.4, 0.5) is 0 Å². The summed E-state index contributed by atoms with van der Waals surface area (Å²) in [6, 6.07) is 0. The number of aliphatic hydroxyl groups excluding tert-OH is 1. The van der Waals surface area contributed by atoms with Crippen LogP contribution in [0.3, 0.4) is 0 Å². The molecule has 0 aromatic rings. The summed E-state index contributed by atoms with van der Waals surface area (Å²) in [6.07, 6.45) is 12.7. The first-order chi connectivity index (χ1) is 16.2. The zero-order valence-electron chi connectivity index (χ0n) is 21.8. The van der Waals surface area contributed by atoms with Gasteiger partial charge in [0.1, 0.15) is 11.9 Å². The number of likely N-dealkylation sites (tertiary alicyclic amines) is 1. The lowest BCUT2D eigenvalue weighted by Gasteiger charge is -2.62. The van der Waals surface area contributed by atoms with Crippen molar-refractivity contribution in [2.24, 2.45) is 40.4 Å². The molecule has 1 aliphatic heterocycles. The number of carbonyl (C=O) groups excluding carboxylic acids is 2. The van der Waals surface area contributed by atoms with Crippen molar-refractivity contribution in [1.82, 2.24) is 4.90 Å². The number of ether oxygens (including phenoxy) is 1. The van der Waals surface area contributed by atoms with Crippen molar-refractivity contribution in [3.8, 4) is 0 Å². The van der Waals surface area contributed by atoms with Crippen LogP contribution in [0.2, 0.25) is 0 Å². The highest BCUT2D eigenvalue weighted by molar-refractivity contribution is 5.79. The Bertz CT molecular complexity index is 776. The minimum Gasteiger partial charge on any atom is -0.461 e. The van der Waals surface area contributed by atoms with Crippen molar-refractivity contribution in [2.75, 3.05) is 19.6 Å². The summed E-state index contributed by atoms with van der Waals surface area (Å²) < 4.78 is 6.49. The van der Waals surface area contributed by atoms with E-state index in [1.165, 1.54) is 32.1 Å². The van der Waals surface area contributed by atoms with E-state index in [-0.39, 0.29) is 34.9 Å². The molecule has 0 radical (unpaired) electrons. The third-order valence-electron chi connectivity index (χ3n) is 11.4. The number of nitrogens with zero attached hydrogens (tertiary/aromatic N) is 1. The molecular weight excluding hydrogens is 426 g/mol. The molecule has 192 valence electrons. The van der Waals surface area contributed by atoms with Gasteiger partial charge in [0.05, 0.1) is 12.6 Å². The molecule has 0 unspecified atom stereocenters. The largest absolute Gasteiger partial charge is 0.461 e. The number of Topliss-reactive ketones (excluding diaryl/α,β-unsaturated/α-hetero) is 1. The van der Waals surface area contributed by atoms with Gasteiger partial charge in [-0.2, -0.15) is 0 Å². The van der Waals surface area contributed by atoms with Gasteiger partial charge in [0.2, 0.25) is 0 Å². The molecule has 5 nitrogen and oxygen atoms in total. The minimum atomic E-state index is -0.180. The number of carbonyl (C=O) groups is 2. The molecule has 4 saturated carbocycles. The topological polar surface area (TPSA) is 66.8 Å². The number of fused-ring (bicyclic) bond motifs is 5. The van der Waals surface area contributed by atoms with Crippen LogP contribution in [0.1, 0.15) is 97.8 Å². The summed E-state index contributed by atoms with van der Waals surface area (Å²) in [5.41, 5.74) is 0.0588. The molecule has 1 saturated heterocycles. The molecule has 1 N–H and O–H groups in total. The first kappa shape index (κ1) is 24.7. The fraction of sp³-hybridized carbons (Fsp3) is 0.931. The third-order valence-corrected chi connectivity index (χ3v) is 11.4. The van der Waals surface area contributed by atoms with Gasteiger partial charge in [0.15, 0.2) is 0 Å². The van der Waals surface area contributed by atoms with E-state index in [0.717, 1.165) is 58.0 Å². The monoisotopic (exact) mass is 473 g/mol. The van der Waals surface area contributed by atoms with Crippen molar-refractivity contribution in [1.29, 1.82) is 0 Å². The van der Waals surface area contributed by atoms with E-state index < -0.39 is 0 Å². The maximum Gasteiger partial charge on any atom is 0.320 e. The quantitative estimate of drug-likeness (QED) is 0.583. The lowest BCUT2D eigenvalue weighted by molar-refractivity contribution is -0.199. The smallest absolute Gasteiger partial charge is 0.320 e. The fourth-order valence-corrected chi connectivity index (χ4v) is 9.78. The second-order valence-corrected chi connectivity index (χ2v) is 13.2. The number of aliphatic hydroxyl groups is 1. The zero-order chi connectivity index (χ0) is 24.1. The van der Waals surface area contributed by atoms with Crippen LogP contribution in [-0.2, 0) is 14.3 Å². The Morgan fingerprint density at radius 2 is 1.71 bits per heavy atom. The van der Waals surface area contributed by atoms with Crippen molar-refractivity contribution >= 4 is 11.8 Å². The molecule has 0 bridgehead atoms. The van der Waals surface area contributed by atoms with Crippen LogP contribution >= 0.6 is 0 Å². The van der Waals surface area contributed by atoms with E-state index in [4.69, 9.17) is 4.74 Å². The Hall–Kier alpha value is -0.940. The minimum absolute atomic E-state index is 0.0576. The Labute approximate surface area is 206 Å². The summed E-state index contributed by atoms with van der Waals surface area (Å²) in [5.74, 6) is 2.30. The fourth-order valence-electron chi connectivity index (χ4n) is 9.78. The molecule has 9 atom stereocenters. The third kappa shape index (κ3) is 4.27. The highest BCUT2D eigenvalue weighted by atomic mass is 16.5. The van der Waals surface area contributed by atoms with E-state index in [9.17, 15) is 14.7 Å². The highest BCUT2D eigenvalue weighted by Gasteiger charge is 2.64. The Morgan fingerprint density at radius 3 is 2.41 bits per heavy atom. The molecular formula is C29H47NO4. The van der Waals surface area contributed by atoms with Crippen LogP contribution in [0.25, 0.3) is 0 Å². The lowest BCUT2D eigenvalue weighted by atomic mass is 9.43. The molecule has 0 spiro atoms. The van der Waals surface area contributed by atoms with E-state index in [2.05, 4.69) is 18.7 Å². The molecule has 5 fully saturated rings. The standard InChI is InChI=1S/C29H47NO4/c1-19(31)23-10-11-24-22-9-8-20-16-21(32)12-13-28(20,2)27(22)25(17-29(23,24)3)34-26(33)18-30-14-6-4-5-7-15-30/h20-25,27,32H,4-18H2,1-3H3/t20-,21+,22-,23+,24-,25-,27+,28-,29+/m0/s1. The van der Waals surface area contributed by atoms with E-state index in [0.29, 0.717) is 36.0 Å². The van der Waals surface area contributed by atoms with Gasteiger partial charge < -0.3 is 9.84 Å². The normalized spacial score (nSPS) is 47.1. The van der Waals surface area contributed by atoms with E-state index in [1.54, 1.807) is 6.92 Å². The van der Waals surface area contributed by atoms with Crippen LogP contribution in [-0.4, -0.2) is 53.6 Å². The number of hydrogen-bond donors (Lipinski definition) is 1. The first-order valence-corrected chi connectivity index (χ1v) is 14.3. The summed E-state index contributed by atoms with van der Waals surface area (Å²) in [7, 11) is 0. The number of ketones is 1. The van der Waals surface area contributed by atoms with Gasteiger partial charge in [-0.25, -0.2) is 0 Å². The maximum atomic E-state index is 13.3. The van der Waals surface area contributed by atoms with Crippen LogP contribution in [0, 0.1) is 40.4 Å². The summed E-state index contributed by atoms with van der Waals surface area (Å²) >= 11 is 0. The molecule has 1 heterocycles. The molecule has 34 heavy (non-hydrogen) atoms. The summed E-state index contributed by atoms with van der Waals surface area (Å²) in [4.78, 5) is 28.3. The van der Waals surface area contributed by atoms with E-state index in [1.807, 2.05) is 0 Å². The second-order valence-electron chi connectivity index (χ2n) is 13.2. The number of esters is 1. The number of hydrogen-bond acceptors (Lipinski definition) is 5. The molecule has 0 aromatic heterocycles. The van der Waals surface area contributed by atoms with Gasteiger partial charge in [0, 0.05) is 11.8 Å². The maximum absolute atomic E-state index is 13.3. The van der Waals surface area contributed by atoms with Crippen LogP contribution in [0.15, 0.2) is 0 Å². The Balaban J connectivity index is 1.42. The lowest BCUT2D eigenvalue weighted by Crippen LogP contribution is -2.60. The predicted octanol–water partition coefficient (Wildman–Crippen LogP) is 4.99. The Kier molecular flexibility index (Phi) is 6.91. The highest BCUT2D eigenvalue weighted by Crippen LogP contribution is 2.68. The molecule has 4 aliphatic carbocycles. The second kappa shape index (κ2) is 9.50. The molecule has 0 aromatic carbocycles. The zero-order valence-corrected chi connectivity index (χ0v) is 21.8. The van der Waals surface area contributed by atoms with Crippen molar-refractivity contribution in [3.05, 3.63) is 0 Å². The first-order valence-electron chi connectivity index (χ1n) is 14.3. The molecule has 5 rings (SSSR count).